The molecule has 2 fully saturated rings. The van der Waals surface area contributed by atoms with Crippen molar-refractivity contribution >= 4 is 23.7 Å². The quantitative estimate of drug-likeness (QED) is 0.912. The van der Waals surface area contributed by atoms with Crippen molar-refractivity contribution in [3.05, 3.63) is 16.6 Å². The summed E-state index contributed by atoms with van der Waals surface area (Å²) in [5.41, 5.74) is 0.119. The molecule has 1 saturated carbocycles. The molecule has 0 aromatic carbocycles. The molecule has 1 aromatic rings. The molecule has 8 heteroatoms. The minimum absolute atomic E-state index is 0. The van der Waals surface area contributed by atoms with E-state index in [0.29, 0.717) is 6.54 Å². The van der Waals surface area contributed by atoms with Crippen LogP contribution in [0.15, 0.2) is 11.6 Å². The van der Waals surface area contributed by atoms with Crippen LogP contribution in [0.1, 0.15) is 24.3 Å². The van der Waals surface area contributed by atoms with Gasteiger partial charge in [-0.05, 0) is 37.8 Å². The van der Waals surface area contributed by atoms with Gasteiger partial charge in [0.05, 0.1) is 13.1 Å². The van der Waals surface area contributed by atoms with E-state index in [1.807, 2.05) is 5.38 Å². The molecule has 1 N–H and O–H groups in total. The van der Waals surface area contributed by atoms with E-state index in [0.717, 1.165) is 37.4 Å². The Kier molecular flexibility index (Phi) is 5.18. The number of thiazole rings is 1. The Morgan fingerprint density at radius 3 is 2.67 bits per heavy atom. The number of nitrogens with one attached hydrogen (secondary N) is 1. The zero-order valence-electron chi connectivity index (χ0n) is 11.5. The van der Waals surface area contributed by atoms with Gasteiger partial charge in [0.2, 0.25) is 0 Å². The number of aromatic nitrogens is 1. The fourth-order valence-corrected chi connectivity index (χ4v) is 3.96. The first-order valence-corrected chi connectivity index (χ1v) is 7.76. The van der Waals surface area contributed by atoms with Crippen molar-refractivity contribution in [3.8, 4) is 0 Å². The summed E-state index contributed by atoms with van der Waals surface area (Å²) in [5, 5.41) is 5.87. The third kappa shape index (κ3) is 4.09. The van der Waals surface area contributed by atoms with Gasteiger partial charge in [0, 0.05) is 17.6 Å². The lowest BCUT2D eigenvalue weighted by atomic mass is 9.93. The lowest BCUT2D eigenvalue weighted by Gasteiger charge is -2.29. The Bertz CT molecular complexity index is 446. The Labute approximate surface area is 132 Å². The van der Waals surface area contributed by atoms with Crippen LogP contribution >= 0.6 is 23.7 Å². The largest absolute Gasteiger partial charge is 0.401 e. The van der Waals surface area contributed by atoms with Gasteiger partial charge >= 0.3 is 6.18 Å². The van der Waals surface area contributed by atoms with Crippen molar-refractivity contribution in [2.75, 3.05) is 19.6 Å². The van der Waals surface area contributed by atoms with Crippen molar-refractivity contribution in [3.63, 3.8) is 0 Å². The standard InChI is InChI=1S/C13H18F3N3S.ClH/c14-13(15,16)9-19(8-11-18-5-6-20-11)10-7-12(10)1-3-17-4-2-12;/h5-6,10,17H,1-4,7-9H2;1H. The number of rotatable bonds is 4. The molecular formula is C13H19ClF3N3S. The molecule has 120 valence electrons. The van der Waals surface area contributed by atoms with E-state index in [1.54, 1.807) is 11.1 Å². The molecular weight excluding hydrogens is 323 g/mol. The van der Waals surface area contributed by atoms with Gasteiger partial charge in [-0.15, -0.1) is 23.7 Å². The minimum Gasteiger partial charge on any atom is -0.317 e. The maximum absolute atomic E-state index is 12.8. The zero-order chi connectivity index (χ0) is 14.2. The van der Waals surface area contributed by atoms with Gasteiger partial charge in [-0.25, -0.2) is 4.98 Å². The van der Waals surface area contributed by atoms with Gasteiger partial charge in [0.1, 0.15) is 5.01 Å². The van der Waals surface area contributed by atoms with Gasteiger partial charge in [0.15, 0.2) is 0 Å². The van der Waals surface area contributed by atoms with Crippen molar-refractivity contribution in [2.24, 2.45) is 5.41 Å². The molecule has 21 heavy (non-hydrogen) atoms. The number of halogens is 4. The van der Waals surface area contributed by atoms with Gasteiger partial charge in [-0.3, -0.25) is 4.90 Å². The fraction of sp³-hybridized carbons (Fsp3) is 0.769. The average Bonchev–Trinajstić information content (AvgIpc) is 2.83. The van der Waals surface area contributed by atoms with Crippen LogP contribution in [-0.4, -0.2) is 41.7 Å². The molecule has 3 rings (SSSR count). The van der Waals surface area contributed by atoms with E-state index >= 15 is 0 Å². The third-order valence-electron chi connectivity index (χ3n) is 4.39. The van der Waals surface area contributed by atoms with Crippen LogP contribution in [0.5, 0.6) is 0 Å². The molecule has 0 radical (unpaired) electrons. The predicted octanol–water partition coefficient (Wildman–Crippen LogP) is 3.07. The molecule has 1 spiro atoms. The van der Waals surface area contributed by atoms with E-state index in [2.05, 4.69) is 10.3 Å². The first kappa shape index (κ1) is 17.0. The topological polar surface area (TPSA) is 28.2 Å². The van der Waals surface area contributed by atoms with E-state index in [9.17, 15) is 13.2 Å². The van der Waals surface area contributed by atoms with E-state index < -0.39 is 12.7 Å². The predicted molar refractivity (Wildman–Crippen MR) is 78.8 cm³/mol. The summed E-state index contributed by atoms with van der Waals surface area (Å²) in [5.74, 6) is 0. The highest BCUT2D eigenvalue weighted by Gasteiger charge is 2.57. The number of nitrogens with zero attached hydrogens (tertiary/aromatic N) is 2. The minimum atomic E-state index is -4.14. The second-order valence-electron chi connectivity index (χ2n) is 5.78. The van der Waals surface area contributed by atoms with Crippen LogP contribution in [0.2, 0.25) is 0 Å². The fourth-order valence-electron chi connectivity index (χ4n) is 3.32. The molecule has 1 aliphatic carbocycles. The normalized spacial score (nSPS) is 24.1. The maximum atomic E-state index is 12.8. The Hall–Kier alpha value is -0.370. The van der Waals surface area contributed by atoms with Crippen LogP contribution in [0.3, 0.4) is 0 Å². The maximum Gasteiger partial charge on any atom is 0.401 e. The highest BCUT2D eigenvalue weighted by atomic mass is 35.5. The molecule has 1 atom stereocenters. The van der Waals surface area contributed by atoms with Crippen LogP contribution in [0.25, 0.3) is 0 Å². The molecule has 0 bridgehead atoms. The Morgan fingerprint density at radius 1 is 1.38 bits per heavy atom. The number of piperidine rings is 1. The molecule has 2 heterocycles. The lowest BCUT2D eigenvalue weighted by Crippen LogP contribution is -2.40. The SMILES string of the molecule is Cl.FC(F)(F)CN(Cc1nccs1)C1CC12CCNCC2. The number of hydrogen-bond acceptors (Lipinski definition) is 4. The third-order valence-corrected chi connectivity index (χ3v) is 5.16. The van der Waals surface area contributed by atoms with Crippen molar-refractivity contribution in [2.45, 2.75) is 38.0 Å². The van der Waals surface area contributed by atoms with Crippen molar-refractivity contribution < 1.29 is 13.2 Å². The van der Waals surface area contributed by atoms with Crippen molar-refractivity contribution in [1.29, 1.82) is 0 Å². The monoisotopic (exact) mass is 341 g/mol. The molecule has 2 aliphatic rings. The van der Waals surface area contributed by atoms with Gasteiger partial charge in [-0.1, -0.05) is 0 Å². The van der Waals surface area contributed by atoms with Gasteiger partial charge in [0.25, 0.3) is 0 Å². The summed E-state index contributed by atoms with van der Waals surface area (Å²) >= 11 is 1.43. The second kappa shape index (κ2) is 6.40. The van der Waals surface area contributed by atoms with E-state index in [-0.39, 0.29) is 23.9 Å². The smallest absolute Gasteiger partial charge is 0.317 e. The first-order valence-electron chi connectivity index (χ1n) is 6.88. The molecule has 0 amide bonds. The summed E-state index contributed by atoms with van der Waals surface area (Å²) in [7, 11) is 0. The lowest BCUT2D eigenvalue weighted by molar-refractivity contribution is -0.149. The Balaban J connectivity index is 0.00000161. The highest BCUT2D eigenvalue weighted by molar-refractivity contribution is 7.09. The van der Waals surface area contributed by atoms with Crippen LogP contribution in [0.4, 0.5) is 13.2 Å². The van der Waals surface area contributed by atoms with Gasteiger partial charge < -0.3 is 5.32 Å². The molecule has 1 saturated heterocycles. The number of hydrogen-bond donors (Lipinski definition) is 1. The van der Waals surface area contributed by atoms with E-state index in [1.165, 1.54) is 11.3 Å². The van der Waals surface area contributed by atoms with Gasteiger partial charge in [-0.2, -0.15) is 13.2 Å². The zero-order valence-corrected chi connectivity index (χ0v) is 13.2. The summed E-state index contributed by atoms with van der Waals surface area (Å²) in [6.07, 6.45) is 0.386. The average molecular weight is 342 g/mol. The summed E-state index contributed by atoms with van der Waals surface area (Å²) in [6, 6.07) is 0.0649. The van der Waals surface area contributed by atoms with Crippen LogP contribution in [0, 0.1) is 5.41 Å². The Morgan fingerprint density at radius 2 is 2.10 bits per heavy atom. The molecule has 1 aromatic heterocycles. The summed E-state index contributed by atoms with van der Waals surface area (Å²) in [4.78, 5) is 5.71. The summed E-state index contributed by atoms with van der Waals surface area (Å²) in [6.45, 7) is 1.34. The van der Waals surface area contributed by atoms with Crippen molar-refractivity contribution in [1.82, 2.24) is 15.2 Å². The van der Waals surface area contributed by atoms with E-state index in [4.69, 9.17) is 0 Å². The second-order valence-corrected chi connectivity index (χ2v) is 6.76. The summed E-state index contributed by atoms with van der Waals surface area (Å²) < 4.78 is 38.4. The van der Waals surface area contributed by atoms with Crippen LogP contribution in [-0.2, 0) is 6.54 Å². The molecule has 3 nitrogen and oxygen atoms in total. The molecule has 1 aliphatic heterocycles. The first-order chi connectivity index (χ1) is 9.49. The van der Waals surface area contributed by atoms with Crippen LogP contribution < -0.4 is 5.32 Å². The highest BCUT2D eigenvalue weighted by Crippen LogP contribution is 2.56. The number of alkyl halides is 3. The molecule has 1 unspecified atom stereocenters.